The fourth-order valence-corrected chi connectivity index (χ4v) is 1.97. The molecule has 0 saturated heterocycles. The maximum Gasteiger partial charge on any atom is 0.124 e. The third-order valence-corrected chi connectivity index (χ3v) is 2.93. The van der Waals surface area contributed by atoms with Gasteiger partial charge < -0.3 is 20.5 Å². The van der Waals surface area contributed by atoms with E-state index in [0.29, 0.717) is 6.54 Å². The van der Waals surface area contributed by atoms with E-state index >= 15 is 0 Å². The number of hydrogen-bond acceptors (Lipinski definition) is 4. The van der Waals surface area contributed by atoms with Gasteiger partial charge in [0.1, 0.15) is 11.5 Å². The number of nitrogens with two attached hydrogens (primary N) is 1. The third-order valence-electron chi connectivity index (χ3n) is 2.93. The minimum Gasteiger partial charge on any atom is -0.496 e. The van der Waals surface area contributed by atoms with Crippen LogP contribution in [0.2, 0.25) is 0 Å². The van der Waals surface area contributed by atoms with Gasteiger partial charge in [0.2, 0.25) is 0 Å². The predicted octanol–water partition coefficient (Wildman–Crippen LogP) is 1.62. The molecule has 1 unspecified atom stereocenters. The summed E-state index contributed by atoms with van der Waals surface area (Å²) in [6.07, 6.45) is 0.860. The smallest absolute Gasteiger partial charge is 0.124 e. The summed E-state index contributed by atoms with van der Waals surface area (Å²) in [5, 5.41) is 3.25. The van der Waals surface area contributed by atoms with Crippen molar-refractivity contribution in [3.63, 3.8) is 0 Å². The summed E-state index contributed by atoms with van der Waals surface area (Å²) in [6, 6.07) is 4.20. The Labute approximate surface area is 103 Å². The lowest BCUT2D eigenvalue weighted by molar-refractivity contribution is 0.388. The molecule has 0 aliphatic carbocycles. The van der Waals surface area contributed by atoms with Gasteiger partial charge in [-0.25, -0.2) is 0 Å². The van der Waals surface area contributed by atoms with E-state index in [9.17, 15) is 0 Å². The van der Waals surface area contributed by atoms with Gasteiger partial charge in [0.25, 0.3) is 0 Å². The minimum atomic E-state index is 0.185. The molecule has 0 heterocycles. The molecule has 0 radical (unpaired) electrons. The molecule has 4 heteroatoms. The molecule has 4 nitrogen and oxygen atoms in total. The highest BCUT2D eigenvalue weighted by Crippen LogP contribution is 2.33. The first-order valence-corrected chi connectivity index (χ1v) is 5.77. The summed E-state index contributed by atoms with van der Waals surface area (Å²) in [7, 11) is 5.28. The van der Waals surface area contributed by atoms with Gasteiger partial charge in [-0.15, -0.1) is 0 Å². The third kappa shape index (κ3) is 3.11. The number of methoxy groups -OCH3 is 2. The Balaban J connectivity index is 3.18. The summed E-state index contributed by atoms with van der Waals surface area (Å²) < 4.78 is 10.8. The number of ether oxygens (including phenoxy) is 2. The van der Waals surface area contributed by atoms with E-state index in [4.69, 9.17) is 15.2 Å². The Morgan fingerprint density at radius 3 is 2.35 bits per heavy atom. The molecule has 1 rings (SSSR count). The lowest BCUT2D eigenvalue weighted by Gasteiger charge is -2.20. The predicted molar refractivity (Wildman–Crippen MR) is 69.8 cm³/mol. The Bertz CT molecular complexity index is 367. The van der Waals surface area contributed by atoms with Gasteiger partial charge in [-0.3, -0.25) is 0 Å². The first-order valence-electron chi connectivity index (χ1n) is 5.77. The Hall–Kier alpha value is -1.26. The van der Waals surface area contributed by atoms with Crippen LogP contribution in [0.3, 0.4) is 0 Å². The van der Waals surface area contributed by atoms with Crippen LogP contribution in [0.4, 0.5) is 0 Å². The van der Waals surface area contributed by atoms with Crippen LogP contribution in [0.15, 0.2) is 12.1 Å². The molecule has 0 aliphatic rings. The van der Waals surface area contributed by atoms with Crippen LogP contribution >= 0.6 is 0 Å². The normalized spacial score (nSPS) is 12.3. The SMILES string of the molecule is CNC(CCN)c1cc(OC)c(C)cc1OC. The van der Waals surface area contributed by atoms with Crippen molar-refractivity contribution in [3.8, 4) is 11.5 Å². The zero-order chi connectivity index (χ0) is 12.8. The first kappa shape index (κ1) is 13.8. The summed E-state index contributed by atoms with van der Waals surface area (Å²) >= 11 is 0. The molecule has 0 aromatic heterocycles. The fourth-order valence-electron chi connectivity index (χ4n) is 1.97. The van der Waals surface area contributed by atoms with Crippen LogP contribution in [-0.2, 0) is 0 Å². The van der Waals surface area contributed by atoms with Crippen molar-refractivity contribution in [1.82, 2.24) is 5.32 Å². The minimum absolute atomic E-state index is 0.185. The molecule has 1 aromatic carbocycles. The van der Waals surface area contributed by atoms with E-state index in [0.717, 1.165) is 29.0 Å². The lowest BCUT2D eigenvalue weighted by Crippen LogP contribution is -2.20. The second-order valence-corrected chi connectivity index (χ2v) is 3.98. The number of benzene rings is 1. The number of nitrogens with one attached hydrogen (secondary N) is 1. The molecule has 0 spiro atoms. The largest absolute Gasteiger partial charge is 0.496 e. The van der Waals surface area contributed by atoms with E-state index < -0.39 is 0 Å². The molecule has 17 heavy (non-hydrogen) atoms. The van der Waals surface area contributed by atoms with Crippen LogP contribution in [-0.4, -0.2) is 27.8 Å². The van der Waals surface area contributed by atoms with Crippen LogP contribution in [0.5, 0.6) is 11.5 Å². The van der Waals surface area contributed by atoms with Crippen molar-refractivity contribution in [2.75, 3.05) is 27.8 Å². The van der Waals surface area contributed by atoms with Gasteiger partial charge in [-0.1, -0.05) is 0 Å². The van der Waals surface area contributed by atoms with Gasteiger partial charge >= 0.3 is 0 Å². The first-order chi connectivity index (χ1) is 8.17. The van der Waals surface area contributed by atoms with Crippen molar-refractivity contribution < 1.29 is 9.47 Å². The maximum absolute atomic E-state index is 5.62. The monoisotopic (exact) mass is 238 g/mol. The molecule has 1 atom stereocenters. The molecule has 0 bridgehead atoms. The van der Waals surface area contributed by atoms with Gasteiger partial charge in [0.05, 0.1) is 14.2 Å². The van der Waals surface area contributed by atoms with E-state index in [-0.39, 0.29) is 6.04 Å². The second-order valence-electron chi connectivity index (χ2n) is 3.98. The quantitative estimate of drug-likeness (QED) is 0.790. The second kappa shape index (κ2) is 6.47. The highest BCUT2D eigenvalue weighted by molar-refractivity contribution is 5.47. The summed E-state index contributed by atoms with van der Waals surface area (Å²) in [6.45, 7) is 2.63. The molecule has 3 N–H and O–H groups in total. The maximum atomic E-state index is 5.62. The van der Waals surface area contributed by atoms with Crippen molar-refractivity contribution >= 4 is 0 Å². The molecule has 0 aliphatic heterocycles. The van der Waals surface area contributed by atoms with Crippen LogP contribution < -0.4 is 20.5 Å². The van der Waals surface area contributed by atoms with Crippen LogP contribution in [0.1, 0.15) is 23.6 Å². The number of hydrogen-bond donors (Lipinski definition) is 2. The molecule has 1 aromatic rings. The molecule has 0 saturated carbocycles. The van der Waals surface area contributed by atoms with Gasteiger partial charge in [-0.2, -0.15) is 0 Å². The zero-order valence-electron chi connectivity index (χ0n) is 11.0. The van der Waals surface area contributed by atoms with Crippen LogP contribution in [0.25, 0.3) is 0 Å². The summed E-state index contributed by atoms with van der Waals surface area (Å²) in [5.74, 6) is 1.74. The number of rotatable bonds is 6. The van der Waals surface area contributed by atoms with E-state index in [2.05, 4.69) is 5.32 Å². The van der Waals surface area contributed by atoms with Gasteiger partial charge in [-0.05, 0) is 44.6 Å². The van der Waals surface area contributed by atoms with Crippen molar-refractivity contribution in [2.24, 2.45) is 5.73 Å². The van der Waals surface area contributed by atoms with Gasteiger partial charge in [0, 0.05) is 11.6 Å². The Kier molecular flexibility index (Phi) is 5.25. The summed E-state index contributed by atoms with van der Waals surface area (Å²) in [5.41, 5.74) is 7.77. The van der Waals surface area contributed by atoms with E-state index in [1.54, 1.807) is 14.2 Å². The topological polar surface area (TPSA) is 56.5 Å². The Morgan fingerprint density at radius 2 is 1.88 bits per heavy atom. The standard InChI is InChI=1S/C13H22N2O2/c1-9-7-13(17-4)10(8-12(9)16-3)11(15-2)5-6-14/h7-8,11,15H,5-6,14H2,1-4H3. The average molecular weight is 238 g/mol. The molecular formula is C13H22N2O2. The van der Waals surface area contributed by atoms with E-state index in [1.807, 2.05) is 26.1 Å². The number of aryl methyl sites for hydroxylation is 1. The van der Waals surface area contributed by atoms with Crippen LogP contribution in [0, 0.1) is 6.92 Å². The molecule has 96 valence electrons. The van der Waals surface area contributed by atoms with Gasteiger partial charge in [0.15, 0.2) is 0 Å². The Morgan fingerprint density at radius 1 is 1.24 bits per heavy atom. The highest BCUT2D eigenvalue weighted by atomic mass is 16.5. The van der Waals surface area contributed by atoms with Crippen molar-refractivity contribution in [3.05, 3.63) is 23.3 Å². The zero-order valence-corrected chi connectivity index (χ0v) is 11.0. The van der Waals surface area contributed by atoms with Crippen molar-refractivity contribution in [1.29, 1.82) is 0 Å². The molecule has 0 amide bonds. The highest BCUT2D eigenvalue weighted by Gasteiger charge is 2.16. The fraction of sp³-hybridized carbons (Fsp3) is 0.538. The molecular weight excluding hydrogens is 216 g/mol. The average Bonchev–Trinajstić information content (AvgIpc) is 2.35. The van der Waals surface area contributed by atoms with Crippen molar-refractivity contribution in [2.45, 2.75) is 19.4 Å². The van der Waals surface area contributed by atoms with E-state index in [1.165, 1.54) is 0 Å². The molecule has 0 fully saturated rings. The lowest BCUT2D eigenvalue weighted by atomic mass is 10.0. The summed E-state index contributed by atoms with van der Waals surface area (Å²) in [4.78, 5) is 0.